The van der Waals surface area contributed by atoms with Gasteiger partial charge in [0.15, 0.2) is 0 Å². The van der Waals surface area contributed by atoms with E-state index in [1.807, 2.05) is 19.1 Å². The average Bonchev–Trinajstić information content (AvgIpc) is 2.47. The van der Waals surface area contributed by atoms with Crippen molar-refractivity contribution in [3.05, 3.63) is 23.7 Å². The van der Waals surface area contributed by atoms with Gasteiger partial charge in [-0.2, -0.15) is 0 Å². The van der Waals surface area contributed by atoms with Crippen molar-refractivity contribution in [1.82, 2.24) is 5.43 Å². The van der Waals surface area contributed by atoms with E-state index in [0.717, 1.165) is 11.5 Å². The van der Waals surface area contributed by atoms with Crippen LogP contribution in [0.15, 0.2) is 16.5 Å². The molecule has 0 aromatic carbocycles. The molecule has 1 atom stereocenters. The van der Waals surface area contributed by atoms with Crippen molar-refractivity contribution in [1.29, 1.82) is 0 Å². The Morgan fingerprint density at radius 2 is 2.50 bits per heavy atom. The lowest BCUT2D eigenvalue weighted by Crippen LogP contribution is -2.27. The third-order valence-corrected chi connectivity index (χ3v) is 1.63. The summed E-state index contributed by atoms with van der Waals surface area (Å²) < 4.78 is 5.35. The van der Waals surface area contributed by atoms with Crippen LogP contribution < -0.4 is 11.3 Å². The number of nitrogens with two attached hydrogens (primary N) is 1. The van der Waals surface area contributed by atoms with Crippen LogP contribution >= 0.6 is 0 Å². The first kappa shape index (κ1) is 8.85. The minimum atomic E-state index is -0.0799. The highest BCUT2D eigenvalue weighted by atomic mass is 16.3. The van der Waals surface area contributed by atoms with E-state index >= 15 is 0 Å². The molecule has 1 aromatic rings. The van der Waals surface area contributed by atoms with Gasteiger partial charge in [0.2, 0.25) is 0 Å². The molecule has 64 valence electrons. The van der Waals surface area contributed by atoms with Crippen LogP contribution in [-0.4, -0.2) is 0 Å². The zero-order valence-corrected chi connectivity index (χ0v) is 7.00. The molecular weight excluding hydrogens is 152 g/mol. The average molecular weight is 164 g/mol. The maximum Gasteiger partial charge on any atom is 0.123 e. The highest BCUT2D eigenvalue weighted by Crippen LogP contribution is 2.17. The molecule has 0 spiro atoms. The molecule has 1 aromatic heterocycles. The monoisotopic (exact) mass is 164 g/mol. The van der Waals surface area contributed by atoms with Gasteiger partial charge >= 0.3 is 0 Å². The molecule has 0 aliphatic heterocycles. The second-order valence-corrected chi connectivity index (χ2v) is 2.58. The van der Waals surface area contributed by atoms with Crippen LogP contribution in [0.1, 0.15) is 24.0 Å². The van der Waals surface area contributed by atoms with Crippen LogP contribution in [0.5, 0.6) is 0 Å². The Morgan fingerprint density at radius 3 is 2.92 bits per heavy atom. The van der Waals surface area contributed by atoms with Crippen molar-refractivity contribution in [2.45, 2.75) is 19.4 Å². The summed E-state index contributed by atoms with van der Waals surface area (Å²) in [6, 6.07) is 3.68. The van der Waals surface area contributed by atoms with Gasteiger partial charge in [-0.15, -0.1) is 12.3 Å². The standard InChI is InChI=1S/C9H12N2O/c1-3-4-8(11-10)9-6-5-7(2)12-9/h1,5-6,8,11H,4,10H2,2H3. The molecule has 1 heterocycles. The number of hydrazine groups is 1. The van der Waals surface area contributed by atoms with Gasteiger partial charge in [-0.25, -0.2) is 5.43 Å². The minimum absolute atomic E-state index is 0.0799. The Labute approximate surface area is 71.9 Å². The number of rotatable bonds is 3. The predicted octanol–water partition coefficient (Wildman–Crippen LogP) is 1.12. The lowest BCUT2D eigenvalue weighted by Gasteiger charge is -2.08. The maximum atomic E-state index is 5.35. The Balaban J connectivity index is 2.74. The van der Waals surface area contributed by atoms with Crippen LogP contribution in [0.4, 0.5) is 0 Å². The Morgan fingerprint density at radius 1 is 1.75 bits per heavy atom. The fourth-order valence-electron chi connectivity index (χ4n) is 1.00. The van der Waals surface area contributed by atoms with E-state index in [1.165, 1.54) is 0 Å². The normalized spacial score (nSPS) is 12.4. The minimum Gasteiger partial charge on any atom is -0.465 e. The quantitative estimate of drug-likeness (QED) is 0.400. The van der Waals surface area contributed by atoms with Crippen molar-refractivity contribution in [3.8, 4) is 12.3 Å². The first-order chi connectivity index (χ1) is 5.77. The van der Waals surface area contributed by atoms with Gasteiger partial charge in [0.25, 0.3) is 0 Å². The molecule has 1 unspecified atom stereocenters. The summed E-state index contributed by atoms with van der Waals surface area (Å²) in [6.45, 7) is 1.88. The number of aryl methyl sites for hydroxylation is 1. The molecule has 0 saturated heterocycles. The molecule has 0 radical (unpaired) electrons. The second-order valence-electron chi connectivity index (χ2n) is 2.58. The van der Waals surface area contributed by atoms with E-state index in [-0.39, 0.29) is 6.04 Å². The van der Waals surface area contributed by atoms with Gasteiger partial charge < -0.3 is 4.42 Å². The zero-order valence-electron chi connectivity index (χ0n) is 7.00. The molecule has 0 saturated carbocycles. The number of furan rings is 1. The van der Waals surface area contributed by atoms with Crippen LogP contribution in [0.25, 0.3) is 0 Å². The van der Waals surface area contributed by atoms with E-state index in [2.05, 4.69) is 11.3 Å². The first-order valence-electron chi connectivity index (χ1n) is 3.74. The zero-order chi connectivity index (χ0) is 8.97. The predicted molar refractivity (Wildman–Crippen MR) is 47.0 cm³/mol. The summed E-state index contributed by atoms with van der Waals surface area (Å²) in [4.78, 5) is 0. The summed E-state index contributed by atoms with van der Waals surface area (Å²) in [6.07, 6.45) is 5.69. The van der Waals surface area contributed by atoms with Gasteiger partial charge in [-0.1, -0.05) is 0 Å². The van der Waals surface area contributed by atoms with Crippen LogP contribution in [-0.2, 0) is 0 Å². The molecule has 3 nitrogen and oxygen atoms in total. The molecule has 1 rings (SSSR count). The third kappa shape index (κ3) is 1.88. The molecule has 0 aliphatic rings. The highest BCUT2D eigenvalue weighted by molar-refractivity contribution is 5.11. The van der Waals surface area contributed by atoms with Crippen molar-refractivity contribution in [2.24, 2.45) is 5.84 Å². The highest BCUT2D eigenvalue weighted by Gasteiger charge is 2.11. The van der Waals surface area contributed by atoms with Crippen molar-refractivity contribution < 1.29 is 4.42 Å². The maximum absolute atomic E-state index is 5.35. The lowest BCUT2D eigenvalue weighted by atomic mass is 10.2. The van der Waals surface area contributed by atoms with Crippen molar-refractivity contribution in [3.63, 3.8) is 0 Å². The fraction of sp³-hybridized carbons (Fsp3) is 0.333. The van der Waals surface area contributed by atoms with E-state index in [9.17, 15) is 0 Å². The summed E-state index contributed by atoms with van der Waals surface area (Å²) in [7, 11) is 0. The first-order valence-corrected chi connectivity index (χ1v) is 3.74. The van der Waals surface area contributed by atoms with E-state index < -0.39 is 0 Å². The second kappa shape index (κ2) is 3.96. The molecule has 0 amide bonds. The molecule has 0 fully saturated rings. The van der Waals surface area contributed by atoms with Crippen molar-refractivity contribution >= 4 is 0 Å². The third-order valence-electron chi connectivity index (χ3n) is 1.63. The summed E-state index contributed by atoms with van der Waals surface area (Å²) >= 11 is 0. The number of hydrogen-bond donors (Lipinski definition) is 2. The largest absolute Gasteiger partial charge is 0.465 e. The summed E-state index contributed by atoms with van der Waals surface area (Å²) in [5.74, 6) is 9.47. The number of hydrogen-bond acceptors (Lipinski definition) is 3. The van der Waals surface area contributed by atoms with Gasteiger partial charge in [-0.3, -0.25) is 5.84 Å². The summed E-state index contributed by atoms with van der Waals surface area (Å²) in [5.41, 5.74) is 2.60. The molecule has 0 bridgehead atoms. The summed E-state index contributed by atoms with van der Waals surface area (Å²) in [5, 5.41) is 0. The Kier molecular flexibility index (Phi) is 2.92. The Hall–Kier alpha value is -1.24. The van der Waals surface area contributed by atoms with Crippen molar-refractivity contribution in [2.75, 3.05) is 0 Å². The molecule has 3 heteroatoms. The van der Waals surface area contributed by atoms with Gasteiger partial charge in [0.05, 0.1) is 6.04 Å². The fourth-order valence-corrected chi connectivity index (χ4v) is 1.00. The van der Waals surface area contributed by atoms with E-state index in [0.29, 0.717) is 6.42 Å². The molecule has 0 aliphatic carbocycles. The lowest BCUT2D eigenvalue weighted by molar-refractivity contribution is 0.409. The number of terminal acetylenes is 1. The molecule has 12 heavy (non-hydrogen) atoms. The molecular formula is C9H12N2O. The Bertz CT molecular complexity index is 285. The number of nitrogens with one attached hydrogen (secondary N) is 1. The SMILES string of the molecule is C#CCC(NN)c1ccc(C)o1. The van der Waals surface area contributed by atoms with Gasteiger partial charge in [0, 0.05) is 6.42 Å². The van der Waals surface area contributed by atoms with E-state index in [1.54, 1.807) is 0 Å². The van der Waals surface area contributed by atoms with Crippen LogP contribution in [0.3, 0.4) is 0 Å². The van der Waals surface area contributed by atoms with Crippen LogP contribution in [0, 0.1) is 19.3 Å². The smallest absolute Gasteiger partial charge is 0.123 e. The van der Waals surface area contributed by atoms with E-state index in [4.69, 9.17) is 16.7 Å². The van der Waals surface area contributed by atoms with Gasteiger partial charge in [-0.05, 0) is 19.1 Å². The van der Waals surface area contributed by atoms with Crippen LogP contribution in [0.2, 0.25) is 0 Å². The topological polar surface area (TPSA) is 51.2 Å². The molecule has 3 N–H and O–H groups in total. The van der Waals surface area contributed by atoms with Gasteiger partial charge in [0.1, 0.15) is 11.5 Å².